The van der Waals surface area contributed by atoms with Crippen molar-refractivity contribution < 1.29 is 0 Å². The Morgan fingerprint density at radius 1 is 1.14 bits per heavy atom. The lowest BCUT2D eigenvalue weighted by Crippen LogP contribution is -2.44. The van der Waals surface area contributed by atoms with Crippen molar-refractivity contribution in [3.63, 3.8) is 0 Å². The van der Waals surface area contributed by atoms with Gasteiger partial charge in [0.15, 0.2) is 5.82 Å². The van der Waals surface area contributed by atoms with E-state index in [2.05, 4.69) is 51.7 Å². The Morgan fingerprint density at radius 2 is 1.95 bits per heavy atom. The van der Waals surface area contributed by atoms with Gasteiger partial charge in [0.1, 0.15) is 0 Å². The van der Waals surface area contributed by atoms with Gasteiger partial charge in [-0.05, 0) is 41.5 Å². The van der Waals surface area contributed by atoms with E-state index in [9.17, 15) is 0 Å². The summed E-state index contributed by atoms with van der Waals surface area (Å²) in [5.74, 6) is 0.876. The van der Waals surface area contributed by atoms with E-state index in [1.807, 2.05) is 0 Å². The smallest absolute Gasteiger partial charge is 0.222 e. The number of piperazine rings is 1. The lowest BCUT2D eigenvalue weighted by molar-refractivity contribution is 0.585. The number of nitrogens with one attached hydrogen (secondary N) is 1. The van der Waals surface area contributed by atoms with Crippen LogP contribution in [0.1, 0.15) is 11.1 Å². The van der Waals surface area contributed by atoms with Crippen LogP contribution in [-0.4, -0.2) is 51.2 Å². The molecular weight excluding hydrogens is 266 g/mol. The normalized spacial score (nSPS) is 16.0. The number of hydrogen-bond donors (Lipinski definition) is 1. The SMILES string of the molecule is Cc1cc(C)c2nc(N3CCNCC3)c3nnnn3c2c1. The van der Waals surface area contributed by atoms with Crippen LogP contribution in [0.3, 0.4) is 0 Å². The van der Waals surface area contributed by atoms with Crippen molar-refractivity contribution in [2.75, 3.05) is 31.1 Å². The van der Waals surface area contributed by atoms with Crippen LogP contribution in [0, 0.1) is 13.8 Å². The van der Waals surface area contributed by atoms with Crippen LogP contribution in [0.4, 0.5) is 5.82 Å². The highest BCUT2D eigenvalue weighted by atomic mass is 15.5. The predicted octanol–water partition coefficient (Wildman–Crippen LogP) is 0.699. The van der Waals surface area contributed by atoms with Gasteiger partial charge < -0.3 is 10.2 Å². The molecule has 0 unspecified atom stereocenters. The topological polar surface area (TPSA) is 71.2 Å². The molecule has 1 aliphatic heterocycles. The van der Waals surface area contributed by atoms with E-state index < -0.39 is 0 Å². The van der Waals surface area contributed by atoms with Gasteiger partial charge in [0.05, 0.1) is 11.0 Å². The van der Waals surface area contributed by atoms with E-state index in [-0.39, 0.29) is 0 Å². The summed E-state index contributed by atoms with van der Waals surface area (Å²) in [7, 11) is 0. The molecular formula is C14H17N7. The monoisotopic (exact) mass is 283 g/mol. The Balaban J connectivity index is 2.03. The third-order valence-electron chi connectivity index (χ3n) is 3.96. The fraction of sp³-hybridized carbons (Fsp3) is 0.429. The molecule has 1 N–H and O–H groups in total. The standard InChI is InChI=1S/C14H17N7/c1-9-7-10(2)12-11(8-9)21-14(17-18-19-21)13(16-12)20-5-3-15-4-6-20/h7-8,15H,3-6H2,1-2H3. The molecule has 1 aromatic carbocycles. The van der Waals surface area contributed by atoms with Crippen molar-refractivity contribution in [2.45, 2.75) is 13.8 Å². The highest BCUT2D eigenvalue weighted by Crippen LogP contribution is 2.25. The summed E-state index contributed by atoms with van der Waals surface area (Å²) >= 11 is 0. The Bertz CT molecular complexity index is 817. The zero-order chi connectivity index (χ0) is 14.4. The number of aromatic nitrogens is 5. The van der Waals surface area contributed by atoms with Gasteiger partial charge in [-0.3, -0.25) is 0 Å². The summed E-state index contributed by atoms with van der Waals surface area (Å²) in [5.41, 5.74) is 5.00. The number of nitrogens with zero attached hydrogens (tertiary/aromatic N) is 6. The predicted molar refractivity (Wildman–Crippen MR) is 80.6 cm³/mol. The number of rotatable bonds is 1. The Kier molecular flexibility index (Phi) is 2.75. The van der Waals surface area contributed by atoms with Gasteiger partial charge in [0.25, 0.3) is 0 Å². The molecule has 21 heavy (non-hydrogen) atoms. The molecule has 0 atom stereocenters. The Labute approximate surface area is 122 Å². The summed E-state index contributed by atoms with van der Waals surface area (Å²) < 4.78 is 1.81. The van der Waals surface area contributed by atoms with Crippen molar-refractivity contribution >= 4 is 22.5 Å². The fourth-order valence-electron chi connectivity index (χ4n) is 2.98. The maximum atomic E-state index is 4.87. The Hall–Kier alpha value is -2.28. The fourth-order valence-corrected chi connectivity index (χ4v) is 2.98. The van der Waals surface area contributed by atoms with Gasteiger partial charge >= 0.3 is 0 Å². The number of hydrogen-bond acceptors (Lipinski definition) is 6. The zero-order valence-corrected chi connectivity index (χ0v) is 12.2. The van der Waals surface area contributed by atoms with E-state index >= 15 is 0 Å². The first-order valence-corrected chi connectivity index (χ1v) is 7.19. The third kappa shape index (κ3) is 1.92. The minimum absolute atomic E-state index is 0.731. The van der Waals surface area contributed by atoms with Crippen LogP contribution in [0.15, 0.2) is 12.1 Å². The highest BCUT2D eigenvalue weighted by molar-refractivity contribution is 5.85. The molecule has 7 heteroatoms. The largest absolute Gasteiger partial charge is 0.351 e. The summed E-state index contributed by atoms with van der Waals surface area (Å²) in [6.07, 6.45) is 0. The van der Waals surface area contributed by atoms with Crippen LogP contribution in [0.5, 0.6) is 0 Å². The second-order valence-electron chi connectivity index (χ2n) is 5.54. The molecule has 0 bridgehead atoms. The molecule has 0 saturated carbocycles. The molecule has 1 saturated heterocycles. The summed E-state index contributed by atoms with van der Waals surface area (Å²) in [4.78, 5) is 7.13. The maximum absolute atomic E-state index is 4.87. The molecule has 2 aromatic heterocycles. The maximum Gasteiger partial charge on any atom is 0.222 e. The first kappa shape index (κ1) is 12.5. The quantitative estimate of drug-likeness (QED) is 0.709. The van der Waals surface area contributed by atoms with Crippen LogP contribution < -0.4 is 10.2 Å². The average molecular weight is 283 g/mol. The molecule has 0 radical (unpaired) electrons. The molecule has 1 aliphatic rings. The second-order valence-corrected chi connectivity index (χ2v) is 5.54. The number of tetrazole rings is 1. The molecule has 3 heterocycles. The molecule has 108 valence electrons. The number of anilines is 1. The minimum Gasteiger partial charge on any atom is -0.351 e. The van der Waals surface area contributed by atoms with E-state index in [0.717, 1.165) is 54.2 Å². The van der Waals surface area contributed by atoms with Crippen molar-refractivity contribution in [2.24, 2.45) is 0 Å². The second kappa shape index (κ2) is 4.63. The molecule has 4 rings (SSSR count). The zero-order valence-electron chi connectivity index (χ0n) is 12.2. The molecule has 3 aromatic rings. The number of aryl methyl sites for hydroxylation is 2. The van der Waals surface area contributed by atoms with Crippen molar-refractivity contribution in [3.05, 3.63) is 23.3 Å². The van der Waals surface area contributed by atoms with Gasteiger partial charge in [-0.15, -0.1) is 5.10 Å². The summed E-state index contributed by atoms with van der Waals surface area (Å²) in [6.45, 7) is 7.92. The van der Waals surface area contributed by atoms with Gasteiger partial charge in [-0.25, -0.2) is 4.98 Å². The van der Waals surface area contributed by atoms with E-state index in [4.69, 9.17) is 4.98 Å². The molecule has 0 spiro atoms. The van der Waals surface area contributed by atoms with Crippen LogP contribution in [0.2, 0.25) is 0 Å². The average Bonchev–Trinajstić information content (AvgIpc) is 2.97. The lowest BCUT2D eigenvalue weighted by atomic mass is 10.1. The van der Waals surface area contributed by atoms with Crippen molar-refractivity contribution in [3.8, 4) is 0 Å². The minimum atomic E-state index is 0.731. The van der Waals surface area contributed by atoms with Crippen molar-refractivity contribution in [1.82, 2.24) is 30.3 Å². The Morgan fingerprint density at radius 3 is 2.76 bits per heavy atom. The van der Waals surface area contributed by atoms with Crippen molar-refractivity contribution in [1.29, 1.82) is 0 Å². The van der Waals surface area contributed by atoms with Gasteiger partial charge in [0.2, 0.25) is 5.65 Å². The van der Waals surface area contributed by atoms with Crippen LogP contribution in [0.25, 0.3) is 16.7 Å². The van der Waals surface area contributed by atoms with E-state index in [1.54, 1.807) is 4.52 Å². The van der Waals surface area contributed by atoms with Gasteiger partial charge in [0, 0.05) is 26.2 Å². The summed E-state index contributed by atoms with van der Waals surface area (Å²) in [5, 5.41) is 15.5. The third-order valence-corrected chi connectivity index (χ3v) is 3.96. The van der Waals surface area contributed by atoms with E-state index in [1.165, 1.54) is 5.56 Å². The van der Waals surface area contributed by atoms with E-state index in [0.29, 0.717) is 0 Å². The van der Waals surface area contributed by atoms with Gasteiger partial charge in [-0.1, -0.05) is 6.07 Å². The van der Waals surface area contributed by atoms with Gasteiger partial charge in [-0.2, -0.15) is 4.52 Å². The van der Waals surface area contributed by atoms with Crippen LogP contribution >= 0.6 is 0 Å². The highest BCUT2D eigenvalue weighted by Gasteiger charge is 2.19. The number of benzene rings is 1. The molecule has 7 nitrogen and oxygen atoms in total. The molecule has 1 fully saturated rings. The summed E-state index contributed by atoms with van der Waals surface area (Å²) in [6, 6.07) is 4.23. The first-order chi connectivity index (χ1) is 10.2. The first-order valence-electron chi connectivity index (χ1n) is 7.19. The van der Waals surface area contributed by atoms with Crippen LogP contribution in [-0.2, 0) is 0 Å². The number of fused-ring (bicyclic) bond motifs is 3. The lowest BCUT2D eigenvalue weighted by Gasteiger charge is -2.28. The molecule has 0 aliphatic carbocycles. The molecule has 0 amide bonds.